The molecule has 1 aliphatic rings. The minimum atomic E-state index is -3.92. The molecule has 208 valence electrons. The molecule has 0 radical (unpaired) electrons. The first kappa shape index (κ1) is 27.3. The maximum absolute atomic E-state index is 15.2. The van der Waals surface area contributed by atoms with Crippen molar-refractivity contribution in [2.24, 2.45) is 11.7 Å². The summed E-state index contributed by atoms with van der Waals surface area (Å²) in [5.74, 6) is 0.123. The summed E-state index contributed by atoms with van der Waals surface area (Å²) in [5, 5.41) is 14.7. The van der Waals surface area contributed by atoms with E-state index < -0.39 is 15.7 Å². The number of nitrogens with zero attached hydrogens (tertiary/aromatic N) is 4. The average molecular weight is 564 g/mol. The Kier molecular flexibility index (Phi) is 7.53. The van der Waals surface area contributed by atoms with E-state index in [9.17, 15) is 8.42 Å². The van der Waals surface area contributed by atoms with Crippen LogP contribution in [0.15, 0.2) is 64.8 Å². The van der Waals surface area contributed by atoms with Crippen LogP contribution in [0.5, 0.6) is 5.75 Å². The number of rotatable bonds is 10. The predicted octanol–water partition coefficient (Wildman–Crippen LogP) is 4.92. The van der Waals surface area contributed by atoms with Crippen molar-refractivity contribution >= 4 is 38.9 Å². The molecule has 1 fully saturated rings. The number of sulfone groups is 1. The molecular weight excluding hydrogens is 533 g/mol. The predicted molar refractivity (Wildman–Crippen MR) is 150 cm³/mol. The molecule has 0 aliphatic heterocycles. The third-order valence-corrected chi connectivity index (χ3v) is 8.51. The van der Waals surface area contributed by atoms with Crippen LogP contribution in [0.2, 0.25) is 0 Å². The zero-order valence-electron chi connectivity index (χ0n) is 22.1. The first-order valence-corrected chi connectivity index (χ1v) is 14.4. The summed E-state index contributed by atoms with van der Waals surface area (Å²) >= 11 is 0. The lowest BCUT2D eigenvalue weighted by atomic mass is 9.81. The minimum Gasteiger partial charge on any atom is -0.485 e. The van der Waals surface area contributed by atoms with Crippen molar-refractivity contribution in [1.82, 2.24) is 19.6 Å². The fourth-order valence-corrected chi connectivity index (χ4v) is 5.87. The number of allylic oxidation sites excluding steroid dienone is 1. The number of hydrogen-bond acceptors (Lipinski definition) is 9. The number of fused-ring (bicyclic) bond motifs is 1. The molecule has 12 heteroatoms. The monoisotopic (exact) mass is 563 g/mol. The highest BCUT2D eigenvalue weighted by Gasteiger charge is 2.23. The number of hydrogen-bond donors (Lipinski definition) is 3. The minimum absolute atomic E-state index is 0.00450. The Labute approximate surface area is 231 Å². The summed E-state index contributed by atoms with van der Waals surface area (Å²) in [6, 6.07) is 10.6. The van der Waals surface area contributed by atoms with E-state index in [0.29, 0.717) is 17.2 Å². The van der Waals surface area contributed by atoms with Gasteiger partial charge in [-0.2, -0.15) is 9.50 Å². The summed E-state index contributed by atoms with van der Waals surface area (Å²) in [6.07, 6.45) is 7.83. The van der Waals surface area contributed by atoms with E-state index in [2.05, 4.69) is 20.4 Å². The van der Waals surface area contributed by atoms with Crippen LogP contribution in [-0.4, -0.2) is 40.3 Å². The molecule has 1 saturated carbocycles. The molecule has 0 amide bonds. The van der Waals surface area contributed by atoms with Crippen LogP contribution >= 0.6 is 0 Å². The number of aromatic nitrogens is 4. The Morgan fingerprint density at radius 3 is 2.67 bits per heavy atom. The van der Waals surface area contributed by atoms with Crippen molar-refractivity contribution in [1.29, 1.82) is 5.41 Å². The van der Waals surface area contributed by atoms with Gasteiger partial charge in [0.05, 0.1) is 21.6 Å². The molecule has 4 N–H and O–H groups in total. The number of nitrogens with two attached hydrogens (primary N) is 1. The zero-order chi connectivity index (χ0) is 28.4. The van der Waals surface area contributed by atoms with Gasteiger partial charge in [0.1, 0.15) is 17.8 Å². The fourth-order valence-electron chi connectivity index (χ4n) is 4.52. The number of anilines is 2. The Hall–Kier alpha value is -4.32. The maximum Gasteiger partial charge on any atom is 0.247 e. The van der Waals surface area contributed by atoms with Gasteiger partial charge in [-0.25, -0.2) is 17.8 Å². The van der Waals surface area contributed by atoms with Crippen LogP contribution in [-0.2, 0) is 16.3 Å². The highest BCUT2D eigenvalue weighted by molar-refractivity contribution is 7.91. The Morgan fingerprint density at radius 2 is 2.02 bits per heavy atom. The van der Waals surface area contributed by atoms with Gasteiger partial charge in [-0.05, 0) is 62.1 Å². The summed E-state index contributed by atoms with van der Waals surface area (Å²) in [5.41, 5.74) is 7.53. The van der Waals surface area contributed by atoms with Crippen molar-refractivity contribution in [3.63, 3.8) is 0 Å². The largest absolute Gasteiger partial charge is 0.485 e. The third-order valence-electron chi connectivity index (χ3n) is 6.76. The Balaban J connectivity index is 1.43. The van der Waals surface area contributed by atoms with E-state index in [-0.39, 0.29) is 38.9 Å². The van der Waals surface area contributed by atoms with Crippen LogP contribution in [0, 0.1) is 17.1 Å². The molecule has 1 aliphatic carbocycles. The van der Waals surface area contributed by atoms with Crippen LogP contribution in [0.4, 0.5) is 16.0 Å². The van der Waals surface area contributed by atoms with Crippen LogP contribution in [0.3, 0.4) is 0 Å². The molecule has 2 aromatic carbocycles. The van der Waals surface area contributed by atoms with Crippen molar-refractivity contribution in [2.45, 2.75) is 55.4 Å². The normalized spacial score (nSPS) is 14.3. The van der Waals surface area contributed by atoms with Gasteiger partial charge in [0.25, 0.3) is 0 Å². The summed E-state index contributed by atoms with van der Waals surface area (Å²) in [7, 11) is -3.92. The number of ether oxygens (including phenoxy) is 1. The number of nitrogens with one attached hydrogen (secondary N) is 2. The van der Waals surface area contributed by atoms with Gasteiger partial charge in [0, 0.05) is 18.0 Å². The molecule has 0 spiro atoms. The lowest BCUT2D eigenvalue weighted by Gasteiger charge is -2.25. The van der Waals surface area contributed by atoms with Gasteiger partial charge in [-0.1, -0.05) is 31.4 Å². The quantitative estimate of drug-likeness (QED) is 0.230. The van der Waals surface area contributed by atoms with E-state index in [4.69, 9.17) is 15.9 Å². The summed E-state index contributed by atoms with van der Waals surface area (Å²) in [6.45, 7) is 3.66. The first-order valence-electron chi connectivity index (χ1n) is 12.9. The second kappa shape index (κ2) is 11.0. The topological polar surface area (TPSA) is 148 Å². The summed E-state index contributed by atoms with van der Waals surface area (Å²) in [4.78, 5) is 8.73. The second-order valence-electron chi connectivity index (χ2n) is 9.98. The smallest absolute Gasteiger partial charge is 0.247 e. The SMILES string of the molecule is CC(C)Oc1c(/C(C=N)=C/N)ncn2nc(Nc3ccc(S(=O)(=O)c4cccc(CC5CCC5)c4)cc3F)nc12. The maximum atomic E-state index is 15.2. The van der Waals surface area contributed by atoms with E-state index in [1.165, 1.54) is 41.7 Å². The van der Waals surface area contributed by atoms with Gasteiger partial charge >= 0.3 is 0 Å². The van der Waals surface area contributed by atoms with Gasteiger partial charge in [0.2, 0.25) is 21.4 Å². The molecule has 10 nitrogen and oxygen atoms in total. The first-order chi connectivity index (χ1) is 19.2. The van der Waals surface area contributed by atoms with E-state index in [0.717, 1.165) is 37.1 Å². The van der Waals surface area contributed by atoms with Crippen molar-refractivity contribution in [3.05, 3.63) is 72.1 Å². The van der Waals surface area contributed by atoms with E-state index in [1.54, 1.807) is 12.1 Å². The highest BCUT2D eigenvalue weighted by atomic mass is 32.2. The third kappa shape index (κ3) is 5.39. The van der Waals surface area contributed by atoms with Gasteiger partial charge in [-0.15, -0.1) is 5.10 Å². The zero-order valence-corrected chi connectivity index (χ0v) is 23.0. The standard InChI is InChI=1S/C28H30FN7O3S/c1-17(2)39-26-25(20(14-30)15-31)32-16-36-27(26)34-28(35-36)33-24-10-9-22(13-23(24)29)40(37,38)21-8-4-7-19(12-21)11-18-5-3-6-18/h4,7-10,12-18,30H,3,5-6,11,31H2,1-2H3,(H,33,35)/b20-15+,30-14?. The fraction of sp³-hybridized carbons (Fsp3) is 0.286. The lowest BCUT2D eigenvalue weighted by Crippen LogP contribution is -2.14. The van der Waals surface area contributed by atoms with Gasteiger partial charge in [0.15, 0.2) is 5.75 Å². The summed E-state index contributed by atoms with van der Waals surface area (Å²) < 4.78 is 49.0. The van der Waals surface area contributed by atoms with E-state index in [1.807, 2.05) is 19.9 Å². The van der Waals surface area contributed by atoms with E-state index >= 15 is 4.39 Å². The Bertz CT molecular complexity index is 1710. The average Bonchev–Trinajstić information content (AvgIpc) is 3.32. The van der Waals surface area contributed by atoms with Crippen molar-refractivity contribution in [3.8, 4) is 5.75 Å². The molecule has 2 heterocycles. The molecule has 0 saturated heterocycles. The number of halogens is 1. The van der Waals surface area contributed by atoms with Crippen LogP contribution in [0.25, 0.3) is 11.2 Å². The molecule has 2 aromatic heterocycles. The van der Waals surface area contributed by atoms with Crippen molar-refractivity contribution < 1.29 is 17.5 Å². The van der Waals surface area contributed by atoms with Crippen LogP contribution in [0.1, 0.15) is 44.4 Å². The van der Waals surface area contributed by atoms with Gasteiger partial charge in [-0.3, -0.25) is 0 Å². The molecule has 40 heavy (non-hydrogen) atoms. The second-order valence-corrected chi connectivity index (χ2v) is 11.9. The lowest BCUT2D eigenvalue weighted by molar-refractivity contribution is 0.242. The van der Waals surface area contributed by atoms with Gasteiger partial charge < -0.3 is 21.2 Å². The molecule has 0 atom stereocenters. The molecular formula is C28H30FN7O3S. The van der Waals surface area contributed by atoms with Crippen molar-refractivity contribution in [2.75, 3.05) is 5.32 Å². The highest BCUT2D eigenvalue weighted by Crippen LogP contribution is 2.32. The number of benzene rings is 2. The molecule has 5 rings (SSSR count). The molecule has 4 aromatic rings. The molecule has 0 unspecified atom stereocenters. The molecule has 0 bridgehead atoms. The van der Waals surface area contributed by atoms with Crippen LogP contribution < -0.4 is 15.8 Å². The Morgan fingerprint density at radius 1 is 1.25 bits per heavy atom.